The molecule has 3 saturated heterocycles. The second-order valence-corrected chi connectivity index (χ2v) is 17.6. The fourth-order valence-electron chi connectivity index (χ4n) is 9.35. The average molecular weight is 908 g/mol. The molecule has 5 heterocycles. The molecule has 24 heteroatoms. The molecule has 3 aromatic rings. The van der Waals surface area contributed by atoms with Gasteiger partial charge in [-0.2, -0.15) is 0 Å². The Morgan fingerprint density at radius 2 is 1.56 bits per heavy atom. The monoisotopic (exact) mass is 907 g/mol. The highest BCUT2D eigenvalue weighted by Gasteiger charge is 2.52. The number of aromatic nitrogens is 4. The highest BCUT2D eigenvalue weighted by atomic mass is 19.1. The zero-order chi connectivity index (χ0) is 45.7. The number of hydrogen-bond acceptors (Lipinski definition) is 20. The molecule has 1 aromatic carbocycles. The molecule has 15 atom stereocenters. The fraction of sp³-hybridized carbons (Fsp3) is 0.700. The lowest BCUT2D eigenvalue weighted by molar-refractivity contribution is -0.335. The number of aliphatic hydroxyl groups is 7. The van der Waals surface area contributed by atoms with Crippen molar-refractivity contribution in [1.82, 2.24) is 24.5 Å². The summed E-state index contributed by atoms with van der Waals surface area (Å²) in [5.74, 6) is -2.50. The van der Waals surface area contributed by atoms with Gasteiger partial charge < -0.3 is 86.5 Å². The number of hydrogen-bond donors (Lipinski definition) is 11. The molecule has 0 amide bonds. The third-order valence-electron chi connectivity index (χ3n) is 13.2. The summed E-state index contributed by atoms with van der Waals surface area (Å²) in [6.45, 7) is 1.54. The molecule has 14 N–H and O–H groups in total. The fourth-order valence-corrected chi connectivity index (χ4v) is 9.35. The maximum absolute atomic E-state index is 15.6. The number of nitrogens with two attached hydrogens (primary N) is 3. The van der Waals surface area contributed by atoms with Gasteiger partial charge >= 0.3 is 5.97 Å². The molecule has 64 heavy (non-hydrogen) atoms. The van der Waals surface area contributed by atoms with Gasteiger partial charge in [0.2, 0.25) is 5.43 Å². The topological polar surface area (TPSA) is 353 Å². The van der Waals surface area contributed by atoms with Crippen LogP contribution in [0.4, 0.5) is 10.1 Å². The van der Waals surface area contributed by atoms with Gasteiger partial charge in [0, 0.05) is 62.6 Å². The van der Waals surface area contributed by atoms with Gasteiger partial charge in [0.05, 0.1) is 42.3 Å². The Morgan fingerprint density at radius 1 is 0.875 bits per heavy atom. The van der Waals surface area contributed by atoms with E-state index in [-0.39, 0.29) is 30.0 Å². The van der Waals surface area contributed by atoms with Gasteiger partial charge in [-0.25, -0.2) is 13.9 Å². The first-order chi connectivity index (χ1) is 30.6. The number of benzene rings is 1. The predicted octanol–water partition coefficient (Wildman–Crippen LogP) is -4.51. The van der Waals surface area contributed by atoms with Crippen LogP contribution in [0.5, 0.6) is 0 Å². The zero-order valence-electron chi connectivity index (χ0n) is 34.9. The van der Waals surface area contributed by atoms with Crippen LogP contribution in [0.1, 0.15) is 47.8 Å². The van der Waals surface area contributed by atoms with Crippen molar-refractivity contribution in [1.29, 1.82) is 0 Å². The van der Waals surface area contributed by atoms with Crippen LogP contribution in [-0.4, -0.2) is 196 Å². The molecule has 0 bridgehead atoms. The van der Waals surface area contributed by atoms with Crippen molar-refractivity contribution < 1.29 is 69.0 Å². The molecule has 3 aliphatic heterocycles. The number of rotatable bonds is 14. The first-order valence-corrected chi connectivity index (χ1v) is 21.6. The molecule has 8 rings (SSSR count). The van der Waals surface area contributed by atoms with Crippen LogP contribution in [0, 0.1) is 11.7 Å². The maximum Gasteiger partial charge on any atom is 0.341 e. The highest BCUT2D eigenvalue weighted by Crippen LogP contribution is 2.39. The number of aryl methyl sites for hydroxylation is 1. The van der Waals surface area contributed by atoms with E-state index in [0.29, 0.717) is 62.6 Å². The summed E-state index contributed by atoms with van der Waals surface area (Å²) in [6.07, 6.45) is -11.6. The van der Waals surface area contributed by atoms with Gasteiger partial charge in [-0.1, -0.05) is 5.21 Å². The number of fused-ring (bicyclic) bond motifs is 1. The zero-order valence-corrected chi connectivity index (χ0v) is 34.9. The number of piperazine rings is 1. The Kier molecular flexibility index (Phi) is 14.0. The van der Waals surface area contributed by atoms with Crippen LogP contribution >= 0.6 is 0 Å². The lowest BCUT2D eigenvalue weighted by atomic mass is 9.77. The van der Waals surface area contributed by atoms with Crippen LogP contribution in [0.3, 0.4) is 0 Å². The summed E-state index contributed by atoms with van der Waals surface area (Å²) in [5.41, 5.74) is 18.6. The van der Waals surface area contributed by atoms with E-state index in [2.05, 4.69) is 15.2 Å². The van der Waals surface area contributed by atoms with Crippen LogP contribution in [-0.2, 0) is 32.0 Å². The number of carboxylic acid groups (broad SMARTS) is 1. The number of halogens is 1. The molecular formula is C40H58FN9O14. The van der Waals surface area contributed by atoms with Crippen molar-refractivity contribution >= 4 is 22.6 Å². The minimum absolute atomic E-state index is 0.0340. The molecule has 5 fully saturated rings. The van der Waals surface area contributed by atoms with Crippen molar-refractivity contribution in [3.63, 3.8) is 0 Å². The van der Waals surface area contributed by atoms with E-state index in [1.54, 1.807) is 21.5 Å². The summed E-state index contributed by atoms with van der Waals surface area (Å²) in [6, 6.07) is 0.675. The number of nitrogens with zero attached hydrogens (tertiary/aromatic N) is 6. The Bertz CT molecular complexity index is 2170. The van der Waals surface area contributed by atoms with Crippen molar-refractivity contribution in [2.75, 3.05) is 44.2 Å². The average Bonchev–Trinajstić information content (AvgIpc) is 4.03. The van der Waals surface area contributed by atoms with Gasteiger partial charge in [0.1, 0.15) is 66.3 Å². The van der Waals surface area contributed by atoms with E-state index >= 15 is 4.39 Å². The number of aliphatic hydroxyl groups excluding tert-OH is 7. The molecule has 354 valence electrons. The lowest BCUT2D eigenvalue weighted by Gasteiger charge is -2.49. The summed E-state index contributed by atoms with van der Waals surface area (Å²) in [7, 11) is 0. The van der Waals surface area contributed by atoms with E-state index in [1.807, 2.05) is 4.90 Å². The predicted molar refractivity (Wildman–Crippen MR) is 219 cm³/mol. The van der Waals surface area contributed by atoms with E-state index in [0.717, 1.165) is 18.9 Å². The third kappa shape index (κ3) is 9.28. The van der Waals surface area contributed by atoms with E-state index in [9.17, 15) is 50.4 Å². The van der Waals surface area contributed by atoms with Gasteiger partial charge in [-0.05, 0) is 50.2 Å². The summed E-state index contributed by atoms with van der Waals surface area (Å²) in [5, 5.41) is 92.7. The van der Waals surface area contributed by atoms with Crippen molar-refractivity contribution in [2.45, 2.75) is 131 Å². The number of pyridine rings is 1. The lowest BCUT2D eigenvalue weighted by Crippen LogP contribution is -2.66. The molecule has 2 aliphatic carbocycles. The summed E-state index contributed by atoms with van der Waals surface area (Å²) >= 11 is 0. The normalized spacial score (nSPS) is 36.4. The second kappa shape index (κ2) is 19.2. The van der Waals surface area contributed by atoms with Crippen LogP contribution in [0.25, 0.3) is 10.9 Å². The minimum Gasteiger partial charge on any atom is -0.477 e. The van der Waals surface area contributed by atoms with E-state index in [4.69, 9.17) is 36.1 Å². The highest BCUT2D eigenvalue weighted by molar-refractivity contribution is 5.93. The maximum atomic E-state index is 15.6. The van der Waals surface area contributed by atoms with Crippen molar-refractivity contribution in [2.24, 2.45) is 23.1 Å². The number of anilines is 1. The Morgan fingerprint density at radius 3 is 2.23 bits per heavy atom. The Labute approximate surface area is 365 Å². The largest absolute Gasteiger partial charge is 0.477 e. The van der Waals surface area contributed by atoms with Gasteiger partial charge in [-0.15, -0.1) is 5.10 Å². The van der Waals surface area contributed by atoms with Crippen LogP contribution < -0.4 is 27.5 Å². The van der Waals surface area contributed by atoms with Crippen molar-refractivity contribution in [3.8, 4) is 0 Å². The van der Waals surface area contributed by atoms with Crippen LogP contribution in [0.15, 0.2) is 29.3 Å². The molecule has 2 saturated carbocycles. The SMILES string of the molecule is NCC1O[C@H](O[C@@H]2C(N)C[C@@H](CCc3cn(CN4CCN(c5cc6c(cc5F)c(=O)c(C(=O)O)cn6C5CC5)CC4)nn3)C(OC3O[C@H](CO)C(O)[C@@H](N)[C@H]3O)[C@H]2O)C(O)[C@@H](O)[C@@H]1O. The third-order valence-corrected chi connectivity index (χ3v) is 13.2. The molecule has 5 aliphatic rings. The molecule has 2 aromatic heterocycles. The summed E-state index contributed by atoms with van der Waals surface area (Å²) in [4.78, 5) is 28.7. The quantitative estimate of drug-likeness (QED) is 0.0726. The van der Waals surface area contributed by atoms with Gasteiger partial charge in [0.15, 0.2) is 12.6 Å². The minimum atomic E-state index is -1.73. The molecule has 0 radical (unpaired) electrons. The van der Waals surface area contributed by atoms with E-state index in [1.165, 1.54) is 6.20 Å². The molecule has 23 nitrogen and oxygen atoms in total. The first kappa shape index (κ1) is 46.7. The standard InChI is InChI=1S/C40H58FN9O14/c41-22-10-20-24(50(19-3-4-19)14-21(29(20)52)38(59)60)11-25(22)48-7-5-47(6-8-48)16-49-13-18(45-46-49)2-1-17-9-23(43)37(64-40-34(57)33(56)31(54)26(12-42)61-40)35(58)36(17)63-39-32(55)28(44)30(53)27(15-51)62-39/h10-11,13-14,17,19,23,26-28,30-37,39-40,51,53-58H,1-9,12,15-16,42-44H2,(H,59,60)/t17-,23?,26?,27-,28-,30?,31-,32-,33+,34?,35-,36?,37-,39?,40-/m1/s1. The second-order valence-electron chi connectivity index (χ2n) is 17.6. The summed E-state index contributed by atoms with van der Waals surface area (Å²) < 4.78 is 42.5. The van der Waals surface area contributed by atoms with Crippen LogP contribution in [0.2, 0.25) is 0 Å². The van der Waals surface area contributed by atoms with Gasteiger partial charge in [-0.3, -0.25) is 9.69 Å². The number of ether oxygens (including phenoxy) is 4. The Hall–Kier alpha value is -3.83. The Balaban J connectivity index is 0.918. The van der Waals surface area contributed by atoms with Crippen molar-refractivity contribution in [3.05, 3.63) is 51.8 Å². The molecule has 0 spiro atoms. The number of carboxylic acids is 1. The molecular weight excluding hydrogens is 849 g/mol. The smallest absolute Gasteiger partial charge is 0.341 e. The van der Waals surface area contributed by atoms with E-state index < -0.39 is 115 Å². The molecule has 6 unspecified atom stereocenters. The number of carbonyl (C=O) groups is 1. The first-order valence-electron chi connectivity index (χ1n) is 21.6. The number of aromatic carboxylic acids is 1. The van der Waals surface area contributed by atoms with Gasteiger partial charge in [0.25, 0.3) is 0 Å².